The standard InChI is InChI=1S/C14H23NO2/c1-13(2)10-8-15(9-11(10)13)12(16)4-7-17-14(3)5-6-14/h10-11H,4-9H2,1-3H3/t10-,11+. The van der Waals surface area contributed by atoms with Crippen LogP contribution in [0.25, 0.3) is 0 Å². The zero-order valence-corrected chi connectivity index (χ0v) is 11.2. The third-order valence-electron chi connectivity index (χ3n) is 5.20. The average Bonchev–Trinajstić information content (AvgIpc) is 3.00. The van der Waals surface area contributed by atoms with Crippen molar-refractivity contribution in [2.75, 3.05) is 19.7 Å². The Morgan fingerprint density at radius 3 is 2.35 bits per heavy atom. The molecule has 17 heavy (non-hydrogen) atoms. The molecule has 96 valence electrons. The second kappa shape index (κ2) is 3.47. The van der Waals surface area contributed by atoms with Crippen molar-refractivity contribution >= 4 is 5.91 Å². The monoisotopic (exact) mass is 237 g/mol. The van der Waals surface area contributed by atoms with E-state index in [0.29, 0.717) is 18.4 Å². The Hall–Kier alpha value is -0.570. The van der Waals surface area contributed by atoms with E-state index in [0.717, 1.165) is 37.8 Å². The summed E-state index contributed by atoms with van der Waals surface area (Å²) in [4.78, 5) is 14.0. The first-order chi connectivity index (χ1) is 7.92. The van der Waals surface area contributed by atoms with Crippen molar-refractivity contribution in [1.82, 2.24) is 4.90 Å². The van der Waals surface area contributed by atoms with Crippen LogP contribution in [-0.4, -0.2) is 36.1 Å². The highest BCUT2D eigenvalue weighted by atomic mass is 16.5. The van der Waals surface area contributed by atoms with Gasteiger partial charge in [0.15, 0.2) is 0 Å². The van der Waals surface area contributed by atoms with Crippen LogP contribution in [0.3, 0.4) is 0 Å². The van der Waals surface area contributed by atoms with Crippen LogP contribution in [0.1, 0.15) is 40.0 Å². The van der Waals surface area contributed by atoms with Crippen LogP contribution in [0.5, 0.6) is 0 Å². The molecule has 0 N–H and O–H groups in total. The molecule has 1 saturated heterocycles. The van der Waals surface area contributed by atoms with Gasteiger partial charge in [0.1, 0.15) is 0 Å². The van der Waals surface area contributed by atoms with E-state index >= 15 is 0 Å². The smallest absolute Gasteiger partial charge is 0.224 e. The summed E-state index contributed by atoms with van der Waals surface area (Å²) in [6.45, 7) is 9.33. The number of nitrogens with zero attached hydrogens (tertiary/aromatic N) is 1. The second-order valence-electron chi connectivity index (χ2n) is 6.88. The van der Waals surface area contributed by atoms with Gasteiger partial charge in [-0.05, 0) is 37.0 Å². The van der Waals surface area contributed by atoms with E-state index in [1.807, 2.05) is 4.90 Å². The Kier molecular flexibility index (Phi) is 2.35. The lowest BCUT2D eigenvalue weighted by Gasteiger charge is -2.22. The van der Waals surface area contributed by atoms with Gasteiger partial charge in [-0.1, -0.05) is 13.8 Å². The van der Waals surface area contributed by atoms with Gasteiger partial charge in [0, 0.05) is 13.1 Å². The Bertz CT molecular complexity index is 332. The van der Waals surface area contributed by atoms with Crippen LogP contribution in [-0.2, 0) is 9.53 Å². The van der Waals surface area contributed by atoms with Crippen molar-refractivity contribution < 1.29 is 9.53 Å². The molecule has 0 bridgehead atoms. The number of ether oxygens (including phenoxy) is 1. The molecule has 3 rings (SSSR count). The molecular weight excluding hydrogens is 214 g/mol. The van der Waals surface area contributed by atoms with Gasteiger partial charge >= 0.3 is 0 Å². The summed E-state index contributed by atoms with van der Waals surface area (Å²) in [5, 5.41) is 0. The SMILES string of the molecule is CC1(OCCC(=O)N2C[C@@H]3[C@H](C2)C3(C)C)CC1. The Balaban J connectivity index is 1.40. The molecule has 0 aromatic rings. The molecule has 3 aliphatic rings. The van der Waals surface area contributed by atoms with Crippen molar-refractivity contribution in [2.45, 2.75) is 45.6 Å². The van der Waals surface area contributed by atoms with Crippen LogP contribution < -0.4 is 0 Å². The number of rotatable bonds is 4. The molecule has 3 fully saturated rings. The first-order valence-corrected chi connectivity index (χ1v) is 6.84. The lowest BCUT2D eigenvalue weighted by molar-refractivity contribution is -0.132. The lowest BCUT2D eigenvalue weighted by Crippen LogP contribution is -2.33. The number of hydrogen-bond donors (Lipinski definition) is 0. The zero-order valence-electron chi connectivity index (χ0n) is 11.2. The quantitative estimate of drug-likeness (QED) is 0.749. The van der Waals surface area contributed by atoms with Crippen LogP contribution in [0, 0.1) is 17.3 Å². The summed E-state index contributed by atoms with van der Waals surface area (Å²) in [5.74, 6) is 1.80. The van der Waals surface area contributed by atoms with Gasteiger partial charge in [-0.15, -0.1) is 0 Å². The third-order valence-corrected chi connectivity index (χ3v) is 5.20. The Morgan fingerprint density at radius 2 is 1.82 bits per heavy atom. The number of hydrogen-bond acceptors (Lipinski definition) is 2. The molecule has 0 spiro atoms. The molecule has 1 heterocycles. The van der Waals surface area contributed by atoms with Crippen LogP contribution >= 0.6 is 0 Å². The first kappa shape index (κ1) is 11.5. The fourth-order valence-corrected chi connectivity index (χ4v) is 3.20. The number of amides is 1. The van der Waals surface area contributed by atoms with E-state index < -0.39 is 0 Å². The lowest BCUT2D eigenvalue weighted by atomic mass is 10.1. The largest absolute Gasteiger partial charge is 0.375 e. The molecule has 0 aromatic heterocycles. The molecular formula is C14H23NO2. The summed E-state index contributed by atoms with van der Waals surface area (Å²) in [5.41, 5.74) is 0.601. The first-order valence-electron chi connectivity index (χ1n) is 6.84. The van der Waals surface area contributed by atoms with Gasteiger partial charge in [-0.2, -0.15) is 0 Å². The molecule has 1 amide bonds. The third kappa shape index (κ3) is 1.99. The minimum Gasteiger partial charge on any atom is -0.375 e. The maximum absolute atomic E-state index is 12.0. The highest BCUT2D eigenvalue weighted by Gasteiger charge is 2.62. The fraction of sp³-hybridized carbons (Fsp3) is 0.929. The minimum absolute atomic E-state index is 0.107. The molecule has 0 aromatic carbocycles. The molecule has 1 aliphatic heterocycles. The zero-order chi connectivity index (χ0) is 12.3. The van der Waals surface area contributed by atoms with Gasteiger partial charge in [-0.3, -0.25) is 4.79 Å². The van der Waals surface area contributed by atoms with Gasteiger partial charge < -0.3 is 9.64 Å². The van der Waals surface area contributed by atoms with E-state index in [2.05, 4.69) is 20.8 Å². The van der Waals surface area contributed by atoms with Crippen molar-refractivity contribution in [3.63, 3.8) is 0 Å². The van der Waals surface area contributed by atoms with Crippen molar-refractivity contribution in [3.8, 4) is 0 Å². The van der Waals surface area contributed by atoms with Gasteiger partial charge in [-0.25, -0.2) is 0 Å². The number of carbonyl (C=O) groups is 1. The number of fused-ring (bicyclic) bond motifs is 1. The highest BCUT2D eigenvalue weighted by molar-refractivity contribution is 5.77. The van der Waals surface area contributed by atoms with Crippen molar-refractivity contribution in [2.24, 2.45) is 17.3 Å². The predicted octanol–water partition coefficient (Wildman–Crippen LogP) is 2.06. The maximum atomic E-state index is 12.0. The van der Waals surface area contributed by atoms with E-state index in [-0.39, 0.29) is 11.5 Å². The molecule has 0 unspecified atom stereocenters. The van der Waals surface area contributed by atoms with Crippen LogP contribution in [0.4, 0.5) is 0 Å². The van der Waals surface area contributed by atoms with Gasteiger partial charge in [0.25, 0.3) is 0 Å². The number of piperidine rings is 1. The van der Waals surface area contributed by atoms with E-state index in [1.165, 1.54) is 0 Å². The summed E-state index contributed by atoms with van der Waals surface area (Å²) in [7, 11) is 0. The summed E-state index contributed by atoms with van der Waals surface area (Å²) in [6.07, 6.45) is 2.88. The van der Waals surface area contributed by atoms with Crippen LogP contribution in [0.2, 0.25) is 0 Å². The second-order valence-corrected chi connectivity index (χ2v) is 6.88. The van der Waals surface area contributed by atoms with Gasteiger partial charge in [0.05, 0.1) is 18.6 Å². The summed E-state index contributed by atoms with van der Waals surface area (Å²) < 4.78 is 5.70. The molecule has 2 saturated carbocycles. The molecule has 3 nitrogen and oxygen atoms in total. The van der Waals surface area contributed by atoms with Gasteiger partial charge in [0.2, 0.25) is 5.91 Å². The van der Waals surface area contributed by atoms with Crippen LogP contribution in [0.15, 0.2) is 0 Å². The number of carbonyl (C=O) groups excluding carboxylic acids is 1. The fourth-order valence-electron chi connectivity index (χ4n) is 3.20. The topological polar surface area (TPSA) is 29.5 Å². The predicted molar refractivity (Wildman–Crippen MR) is 65.5 cm³/mol. The Morgan fingerprint density at radius 1 is 1.24 bits per heavy atom. The Labute approximate surface area is 104 Å². The molecule has 0 radical (unpaired) electrons. The normalized spacial score (nSPS) is 35.6. The van der Waals surface area contributed by atoms with Crippen molar-refractivity contribution in [3.05, 3.63) is 0 Å². The average molecular weight is 237 g/mol. The van der Waals surface area contributed by atoms with Crippen molar-refractivity contribution in [1.29, 1.82) is 0 Å². The molecule has 3 heteroatoms. The summed E-state index contributed by atoms with van der Waals surface area (Å²) in [6, 6.07) is 0. The maximum Gasteiger partial charge on any atom is 0.224 e. The molecule has 2 aliphatic carbocycles. The molecule has 2 atom stereocenters. The number of likely N-dealkylation sites (tertiary alicyclic amines) is 1. The minimum atomic E-state index is 0.107. The summed E-state index contributed by atoms with van der Waals surface area (Å²) >= 11 is 0. The van der Waals surface area contributed by atoms with E-state index in [4.69, 9.17) is 4.74 Å². The van der Waals surface area contributed by atoms with E-state index in [1.54, 1.807) is 0 Å². The highest BCUT2D eigenvalue weighted by Crippen LogP contribution is 2.61. The van der Waals surface area contributed by atoms with E-state index in [9.17, 15) is 4.79 Å².